The van der Waals surface area contributed by atoms with E-state index < -0.39 is 28.5 Å². The van der Waals surface area contributed by atoms with Crippen molar-refractivity contribution in [1.29, 1.82) is 0 Å². The quantitative estimate of drug-likeness (QED) is 0.275. The van der Waals surface area contributed by atoms with Crippen LogP contribution in [0.15, 0.2) is 71.6 Å². The van der Waals surface area contributed by atoms with Crippen LogP contribution in [0.5, 0.6) is 5.75 Å². The topological polar surface area (TPSA) is 96.0 Å². The molecule has 0 fully saturated rings. The zero-order valence-corrected chi connectivity index (χ0v) is 26.1. The summed E-state index contributed by atoms with van der Waals surface area (Å²) in [6, 6.07) is 16.8. The number of ether oxygens (including phenoxy) is 1. The van der Waals surface area contributed by atoms with Gasteiger partial charge in [0.25, 0.3) is 10.0 Å². The number of hydrogen-bond donors (Lipinski definition) is 1. The van der Waals surface area contributed by atoms with Gasteiger partial charge in [0, 0.05) is 12.6 Å². The summed E-state index contributed by atoms with van der Waals surface area (Å²) in [7, 11) is -2.79. The van der Waals surface area contributed by atoms with E-state index in [0.29, 0.717) is 22.0 Å². The van der Waals surface area contributed by atoms with E-state index in [0.717, 1.165) is 9.87 Å². The largest absolute Gasteiger partial charge is 0.495 e. The lowest BCUT2D eigenvalue weighted by Gasteiger charge is -2.34. The molecule has 0 aliphatic carbocycles. The first-order valence-electron chi connectivity index (χ1n) is 13.1. The summed E-state index contributed by atoms with van der Waals surface area (Å²) in [5.41, 5.74) is 1.71. The lowest BCUT2D eigenvalue weighted by atomic mass is 10.1. The summed E-state index contributed by atoms with van der Waals surface area (Å²) >= 11 is 12.3. The van der Waals surface area contributed by atoms with E-state index in [1.165, 1.54) is 24.1 Å². The normalized spacial score (nSPS) is 12.1. The second-order valence-corrected chi connectivity index (χ2v) is 12.5. The molecule has 11 heteroatoms. The highest BCUT2D eigenvalue weighted by molar-refractivity contribution is 7.92. The minimum Gasteiger partial charge on any atom is -0.495 e. The maximum Gasteiger partial charge on any atom is 0.264 e. The number of aryl methyl sites for hydroxylation is 1. The van der Waals surface area contributed by atoms with Crippen LogP contribution in [0.4, 0.5) is 5.69 Å². The molecule has 0 aromatic heterocycles. The van der Waals surface area contributed by atoms with E-state index in [9.17, 15) is 18.0 Å². The molecule has 0 aliphatic heterocycles. The molecule has 0 aliphatic rings. The predicted molar refractivity (Wildman–Crippen MR) is 163 cm³/mol. The van der Waals surface area contributed by atoms with Gasteiger partial charge in [-0.3, -0.25) is 13.9 Å². The van der Waals surface area contributed by atoms with Crippen molar-refractivity contribution in [3.63, 3.8) is 0 Å². The van der Waals surface area contributed by atoms with Crippen LogP contribution in [0.3, 0.4) is 0 Å². The minimum atomic E-state index is -4.22. The third-order valence-corrected chi connectivity index (χ3v) is 8.91. The summed E-state index contributed by atoms with van der Waals surface area (Å²) in [4.78, 5) is 28.8. The average Bonchev–Trinajstić information content (AvgIpc) is 2.93. The molecule has 2 amide bonds. The van der Waals surface area contributed by atoms with Crippen LogP contribution in [-0.2, 0) is 26.2 Å². The number of benzene rings is 3. The van der Waals surface area contributed by atoms with Crippen LogP contribution in [0.1, 0.15) is 38.3 Å². The van der Waals surface area contributed by atoms with Crippen LogP contribution in [0.25, 0.3) is 0 Å². The molecule has 1 N–H and O–H groups in total. The number of nitrogens with one attached hydrogen (secondary N) is 1. The summed E-state index contributed by atoms with van der Waals surface area (Å²) in [6.45, 7) is 6.72. The third-order valence-electron chi connectivity index (χ3n) is 6.40. The number of sulfonamides is 1. The van der Waals surface area contributed by atoms with Gasteiger partial charge in [-0.1, -0.05) is 66.0 Å². The fourth-order valence-electron chi connectivity index (χ4n) is 4.32. The van der Waals surface area contributed by atoms with Gasteiger partial charge in [0.15, 0.2) is 0 Å². The van der Waals surface area contributed by atoms with Crippen molar-refractivity contribution in [3.05, 3.63) is 87.9 Å². The van der Waals surface area contributed by atoms with Crippen molar-refractivity contribution in [2.75, 3.05) is 18.0 Å². The van der Waals surface area contributed by atoms with Crippen molar-refractivity contribution in [2.24, 2.45) is 0 Å². The van der Waals surface area contributed by atoms with Gasteiger partial charge in [0.1, 0.15) is 18.3 Å². The molecule has 1 atom stereocenters. The monoisotopic (exact) mass is 619 g/mol. The van der Waals surface area contributed by atoms with E-state index in [-0.39, 0.29) is 34.8 Å². The van der Waals surface area contributed by atoms with Gasteiger partial charge in [-0.2, -0.15) is 0 Å². The Kier molecular flexibility index (Phi) is 11.1. The molecular formula is C30H35Cl2N3O5S. The number of methoxy groups -OCH3 is 1. The van der Waals surface area contributed by atoms with E-state index in [2.05, 4.69) is 5.32 Å². The summed E-state index contributed by atoms with van der Waals surface area (Å²) in [5, 5.41) is 3.52. The number of nitrogens with zero attached hydrogens (tertiary/aromatic N) is 2. The van der Waals surface area contributed by atoms with Crippen molar-refractivity contribution in [1.82, 2.24) is 10.2 Å². The number of amides is 2. The molecule has 0 bridgehead atoms. The van der Waals surface area contributed by atoms with Crippen LogP contribution in [-0.4, -0.2) is 50.9 Å². The number of carbonyl (C=O) groups excluding carboxylic acids is 2. The average molecular weight is 621 g/mol. The molecule has 3 rings (SSSR count). The molecule has 8 nitrogen and oxygen atoms in total. The first-order chi connectivity index (χ1) is 19.4. The van der Waals surface area contributed by atoms with Gasteiger partial charge in [0.2, 0.25) is 11.8 Å². The first kappa shape index (κ1) is 32.2. The zero-order chi connectivity index (χ0) is 30.3. The first-order valence-corrected chi connectivity index (χ1v) is 15.3. The molecule has 0 spiro atoms. The second kappa shape index (κ2) is 14.1. The standard InChI is InChI=1S/C30H35Cl2N3O5S/c1-6-26(30(37)33-20(2)3)34(18-22-13-16-24(31)25(32)17-22)29(36)19-35(27-9-7-8-10-28(27)40-5)41(38,39)23-14-11-21(4)12-15-23/h7-17,20,26H,6,18-19H2,1-5H3,(H,33,37)/t26-/m1/s1. The zero-order valence-electron chi connectivity index (χ0n) is 23.7. The van der Waals surface area contributed by atoms with Gasteiger partial charge >= 0.3 is 0 Å². The van der Waals surface area contributed by atoms with Crippen molar-refractivity contribution >= 4 is 50.7 Å². The second-order valence-electron chi connectivity index (χ2n) is 9.85. The number of carbonyl (C=O) groups is 2. The number of para-hydroxylation sites is 2. The number of anilines is 1. The molecule has 220 valence electrons. The van der Waals surface area contributed by atoms with Gasteiger partial charge in [0.05, 0.1) is 27.7 Å². The summed E-state index contributed by atoms with van der Waals surface area (Å²) < 4.78 is 34.5. The smallest absolute Gasteiger partial charge is 0.264 e. The summed E-state index contributed by atoms with van der Waals surface area (Å²) in [6.07, 6.45) is 0.297. The highest BCUT2D eigenvalue weighted by Crippen LogP contribution is 2.33. The number of halogens is 2. The SMILES string of the molecule is CC[C@H](C(=O)NC(C)C)N(Cc1ccc(Cl)c(Cl)c1)C(=O)CN(c1ccccc1OC)S(=O)(=O)c1ccc(C)cc1. The Bertz CT molecular complexity index is 1480. The third kappa shape index (κ3) is 7.93. The molecule has 41 heavy (non-hydrogen) atoms. The molecule has 0 saturated carbocycles. The highest BCUT2D eigenvalue weighted by atomic mass is 35.5. The van der Waals surface area contributed by atoms with Crippen molar-refractivity contribution in [3.8, 4) is 5.75 Å². The number of rotatable bonds is 12. The fourth-order valence-corrected chi connectivity index (χ4v) is 6.07. The van der Waals surface area contributed by atoms with E-state index in [4.69, 9.17) is 27.9 Å². The lowest BCUT2D eigenvalue weighted by Crippen LogP contribution is -2.53. The van der Waals surface area contributed by atoms with Crippen LogP contribution < -0.4 is 14.4 Å². The Hall–Kier alpha value is -3.27. The van der Waals surface area contributed by atoms with E-state index in [1.54, 1.807) is 61.5 Å². The lowest BCUT2D eigenvalue weighted by molar-refractivity contribution is -0.140. The van der Waals surface area contributed by atoms with E-state index >= 15 is 0 Å². The highest BCUT2D eigenvalue weighted by Gasteiger charge is 2.34. The van der Waals surface area contributed by atoms with Gasteiger partial charge in [-0.15, -0.1) is 0 Å². The predicted octanol–water partition coefficient (Wildman–Crippen LogP) is 5.84. The Balaban J connectivity index is 2.11. The van der Waals surface area contributed by atoms with Crippen molar-refractivity contribution in [2.45, 2.75) is 57.6 Å². The molecule has 3 aromatic rings. The maximum absolute atomic E-state index is 14.1. The fraction of sp³-hybridized carbons (Fsp3) is 0.333. The Labute approximate surface area is 252 Å². The van der Waals surface area contributed by atoms with Gasteiger partial charge in [-0.25, -0.2) is 8.42 Å². The minimum absolute atomic E-state index is 0.00406. The molecule has 0 saturated heterocycles. The molecular weight excluding hydrogens is 585 g/mol. The van der Waals surface area contributed by atoms with Gasteiger partial charge in [-0.05, 0) is 69.2 Å². The summed E-state index contributed by atoms with van der Waals surface area (Å²) in [5.74, 6) is -0.652. The van der Waals surface area contributed by atoms with E-state index in [1.807, 2.05) is 20.8 Å². The van der Waals surface area contributed by atoms with Gasteiger partial charge < -0.3 is 15.0 Å². The Morgan fingerprint density at radius 3 is 2.22 bits per heavy atom. The maximum atomic E-state index is 14.1. The van der Waals surface area contributed by atoms with Crippen molar-refractivity contribution < 1.29 is 22.7 Å². The number of hydrogen-bond acceptors (Lipinski definition) is 5. The Morgan fingerprint density at radius 1 is 0.976 bits per heavy atom. The van der Waals surface area contributed by atoms with Crippen LogP contribution in [0, 0.1) is 6.92 Å². The molecule has 0 unspecified atom stereocenters. The van der Waals surface area contributed by atoms with Crippen LogP contribution in [0.2, 0.25) is 10.0 Å². The molecule has 0 heterocycles. The molecule has 0 radical (unpaired) electrons. The van der Waals surface area contributed by atoms with Crippen LogP contribution >= 0.6 is 23.2 Å². The Morgan fingerprint density at radius 2 is 1.63 bits per heavy atom. The molecule has 3 aromatic carbocycles.